The van der Waals surface area contributed by atoms with Gasteiger partial charge in [-0.05, 0) is 36.6 Å². The number of rotatable bonds is 8. The Bertz CT molecular complexity index is 965. The zero-order chi connectivity index (χ0) is 19.9. The van der Waals surface area contributed by atoms with Crippen molar-refractivity contribution in [2.45, 2.75) is 31.0 Å². The van der Waals surface area contributed by atoms with Gasteiger partial charge < -0.3 is 5.32 Å². The minimum absolute atomic E-state index is 0.0848. The molecule has 0 spiro atoms. The van der Waals surface area contributed by atoms with Crippen LogP contribution in [0.5, 0.6) is 0 Å². The van der Waals surface area contributed by atoms with Crippen molar-refractivity contribution < 1.29 is 9.59 Å². The maximum absolute atomic E-state index is 12.3. The second kappa shape index (κ2) is 9.66. The van der Waals surface area contributed by atoms with Gasteiger partial charge in [-0.2, -0.15) is 0 Å². The second-order valence-electron chi connectivity index (χ2n) is 6.46. The predicted octanol–water partition coefficient (Wildman–Crippen LogP) is 5.17. The number of thiazole rings is 1. The maximum Gasteiger partial charge on any atom is 0.230 e. The topological polar surface area (TPSA) is 59.1 Å². The Hall–Kier alpha value is -2.44. The van der Waals surface area contributed by atoms with Crippen molar-refractivity contribution in [3.63, 3.8) is 0 Å². The number of amides is 1. The number of carbonyl (C=O) groups excluding carboxylic acids is 2. The van der Waals surface area contributed by atoms with Crippen molar-refractivity contribution in [1.82, 2.24) is 4.98 Å². The van der Waals surface area contributed by atoms with Crippen molar-refractivity contribution >= 4 is 40.5 Å². The lowest BCUT2D eigenvalue weighted by molar-refractivity contribution is -0.115. The fourth-order valence-electron chi connectivity index (χ4n) is 2.67. The van der Waals surface area contributed by atoms with E-state index in [4.69, 9.17) is 0 Å². The van der Waals surface area contributed by atoms with Crippen LogP contribution in [0.25, 0.3) is 0 Å². The number of anilines is 1. The van der Waals surface area contributed by atoms with Gasteiger partial charge >= 0.3 is 0 Å². The van der Waals surface area contributed by atoms with Crippen molar-refractivity contribution in [2.24, 2.45) is 0 Å². The van der Waals surface area contributed by atoms with Gasteiger partial charge in [0.15, 0.2) is 10.1 Å². The van der Waals surface area contributed by atoms with Gasteiger partial charge in [-0.15, -0.1) is 11.3 Å². The van der Waals surface area contributed by atoms with E-state index in [0.29, 0.717) is 5.75 Å². The molecule has 6 heteroatoms. The molecule has 2 aromatic carbocycles. The smallest absolute Gasteiger partial charge is 0.230 e. The largest absolute Gasteiger partial charge is 0.326 e. The molecule has 0 radical (unpaired) electrons. The number of hydrogen-bond donors (Lipinski definition) is 1. The van der Waals surface area contributed by atoms with E-state index in [9.17, 15) is 9.59 Å². The number of Topliss-reactive ketones (excluding diaryl/α,β-unsaturated/α-hetero) is 1. The van der Waals surface area contributed by atoms with Crippen LogP contribution < -0.4 is 5.32 Å². The van der Waals surface area contributed by atoms with E-state index in [1.165, 1.54) is 28.7 Å². The van der Waals surface area contributed by atoms with E-state index >= 15 is 0 Å². The van der Waals surface area contributed by atoms with Gasteiger partial charge in [0.05, 0.1) is 17.9 Å². The van der Waals surface area contributed by atoms with Crippen LogP contribution in [0, 0.1) is 6.92 Å². The predicted molar refractivity (Wildman–Crippen MR) is 117 cm³/mol. The molecule has 3 rings (SSSR count). The van der Waals surface area contributed by atoms with Crippen LogP contribution in [0.4, 0.5) is 5.69 Å². The Morgan fingerprint density at radius 1 is 1.14 bits per heavy atom. The Kier molecular flexibility index (Phi) is 7.01. The number of ketones is 1. The van der Waals surface area contributed by atoms with Gasteiger partial charge in [-0.3, -0.25) is 9.59 Å². The van der Waals surface area contributed by atoms with Gasteiger partial charge in [0, 0.05) is 16.6 Å². The lowest BCUT2D eigenvalue weighted by atomic mass is 10.1. The van der Waals surface area contributed by atoms with Crippen LogP contribution in [-0.2, 0) is 17.6 Å². The highest BCUT2D eigenvalue weighted by Crippen LogP contribution is 2.24. The van der Waals surface area contributed by atoms with Crippen LogP contribution in [0.1, 0.15) is 34.1 Å². The molecule has 1 amide bonds. The van der Waals surface area contributed by atoms with Crippen LogP contribution in [0.3, 0.4) is 0 Å². The quantitative estimate of drug-likeness (QED) is 0.411. The molecule has 0 aliphatic carbocycles. The van der Waals surface area contributed by atoms with Crippen LogP contribution in [0.2, 0.25) is 0 Å². The monoisotopic (exact) mass is 410 g/mol. The number of aryl methyl sites for hydroxylation is 2. The molecule has 1 N–H and O–H groups in total. The highest BCUT2D eigenvalue weighted by atomic mass is 32.2. The van der Waals surface area contributed by atoms with Gasteiger partial charge in [-0.25, -0.2) is 4.98 Å². The summed E-state index contributed by atoms with van der Waals surface area (Å²) in [5, 5.41) is 4.76. The highest BCUT2D eigenvalue weighted by Gasteiger charge is 2.11. The van der Waals surface area contributed by atoms with Crippen molar-refractivity contribution in [2.75, 3.05) is 11.1 Å². The summed E-state index contributed by atoms with van der Waals surface area (Å²) >= 11 is 2.88. The first-order valence-corrected chi connectivity index (χ1v) is 11.0. The van der Waals surface area contributed by atoms with Gasteiger partial charge in [0.1, 0.15) is 0 Å². The number of benzene rings is 2. The molecule has 0 unspecified atom stereocenters. The SMILES string of the molecule is CCc1ccc(C(=O)CSc2nc(CC(=O)Nc3cccc(C)c3)cs2)cc1. The summed E-state index contributed by atoms with van der Waals surface area (Å²) in [5.41, 5.74) is 4.54. The molecule has 0 saturated carbocycles. The third kappa shape index (κ3) is 5.78. The summed E-state index contributed by atoms with van der Waals surface area (Å²) in [4.78, 5) is 29.0. The van der Waals surface area contributed by atoms with E-state index in [2.05, 4.69) is 17.2 Å². The molecule has 28 heavy (non-hydrogen) atoms. The minimum Gasteiger partial charge on any atom is -0.326 e. The summed E-state index contributed by atoms with van der Waals surface area (Å²) in [6, 6.07) is 15.4. The normalized spacial score (nSPS) is 10.6. The zero-order valence-corrected chi connectivity index (χ0v) is 17.5. The summed E-state index contributed by atoms with van der Waals surface area (Å²) in [7, 11) is 0. The van der Waals surface area contributed by atoms with Crippen LogP contribution in [-0.4, -0.2) is 22.4 Å². The zero-order valence-electron chi connectivity index (χ0n) is 15.9. The number of nitrogens with one attached hydrogen (secondary N) is 1. The molecule has 0 atom stereocenters. The highest BCUT2D eigenvalue weighted by molar-refractivity contribution is 8.01. The molecule has 0 bridgehead atoms. The average Bonchev–Trinajstić information content (AvgIpc) is 3.13. The molecule has 3 aromatic rings. The van der Waals surface area contributed by atoms with Gasteiger partial charge in [0.2, 0.25) is 5.91 Å². The van der Waals surface area contributed by atoms with E-state index in [-0.39, 0.29) is 18.1 Å². The summed E-state index contributed by atoms with van der Waals surface area (Å²) in [5.74, 6) is 0.328. The van der Waals surface area contributed by atoms with E-state index in [1.54, 1.807) is 0 Å². The van der Waals surface area contributed by atoms with Crippen molar-refractivity contribution in [3.05, 3.63) is 76.3 Å². The summed E-state index contributed by atoms with van der Waals surface area (Å²) < 4.78 is 0.803. The van der Waals surface area contributed by atoms with Crippen molar-refractivity contribution in [1.29, 1.82) is 0 Å². The maximum atomic E-state index is 12.3. The second-order valence-corrected chi connectivity index (χ2v) is 8.54. The molecule has 0 aliphatic rings. The number of thioether (sulfide) groups is 1. The van der Waals surface area contributed by atoms with Crippen LogP contribution in [0.15, 0.2) is 58.3 Å². The number of aromatic nitrogens is 1. The first-order valence-electron chi connectivity index (χ1n) is 9.09. The van der Waals surface area contributed by atoms with Crippen molar-refractivity contribution in [3.8, 4) is 0 Å². The lowest BCUT2D eigenvalue weighted by Crippen LogP contribution is -2.14. The number of hydrogen-bond acceptors (Lipinski definition) is 5. The van der Waals surface area contributed by atoms with Gasteiger partial charge in [-0.1, -0.05) is 55.1 Å². The Morgan fingerprint density at radius 3 is 2.64 bits per heavy atom. The summed E-state index contributed by atoms with van der Waals surface area (Å²) in [6.07, 6.45) is 1.18. The Balaban J connectivity index is 1.50. The molecular formula is C22H22N2O2S2. The molecule has 0 saturated heterocycles. The van der Waals surface area contributed by atoms with Gasteiger partial charge in [0.25, 0.3) is 0 Å². The molecule has 0 aliphatic heterocycles. The first-order chi connectivity index (χ1) is 13.5. The van der Waals surface area contributed by atoms with Crippen LogP contribution >= 0.6 is 23.1 Å². The third-order valence-electron chi connectivity index (χ3n) is 4.19. The van der Waals surface area contributed by atoms with E-state index in [1.807, 2.05) is 60.8 Å². The standard InChI is InChI=1S/C22H22N2O2S2/c1-3-16-7-9-17(10-8-16)20(25)14-28-22-24-19(13-27-22)12-21(26)23-18-6-4-5-15(2)11-18/h4-11,13H,3,12,14H2,1-2H3,(H,23,26). The Labute approximate surface area is 173 Å². The Morgan fingerprint density at radius 2 is 1.93 bits per heavy atom. The molecule has 144 valence electrons. The minimum atomic E-state index is -0.0976. The average molecular weight is 411 g/mol. The molecule has 0 fully saturated rings. The molecular weight excluding hydrogens is 388 g/mol. The summed E-state index contributed by atoms with van der Waals surface area (Å²) in [6.45, 7) is 4.08. The van der Waals surface area contributed by atoms with E-state index in [0.717, 1.165) is 33.3 Å². The number of carbonyl (C=O) groups is 2. The fraction of sp³-hybridized carbons (Fsp3) is 0.227. The fourth-order valence-corrected chi connectivity index (χ4v) is 4.40. The molecule has 1 heterocycles. The molecule has 1 aromatic heterocycles. The number of nitrogens with zero attached hydrogens (tertiary/aromatic N) is 1. The molecule has 4 nitrogen and oxygen atoms in total. The first kappa shape index (κ1) is 20.3. The van der Waals surface area contributed by atoms with E-state index < -0.39 is 0 Å². The third-order valence-corrected chi connectivity index (χ3v) is 6.25. The lowest BCUT2D eigenvalue weighted by Gasteiger charge is -2.04.